The lowest BCUT2D eigenvalue weighted by Gasteiger charge is -2.18. The second-order valence-corrected chi connectivity index (χ2v) is 4.38. The van der Waals surface area contributed by atoms with E-state index in [1.807, 2.05) is 30.3 Å². The number of ether oxygens (including phenoxy) is 3. The molecular weight excluding hydrogens is 256 g/mol. The van der Waals surface area contributed by atoms with Gasteiger partial charge in [0.15, 0.2) is 23.9 Å². The summed E-state index contributed by atoms with van der Waals surface area (Å²) >= 11 is 0. The van der Waals surface area contributed by atoms with Gasteiger partial charge < -0.3 is 14.2 Å². The molecule has 0 fully saturated rings. The average molecular weight is 270 g/mol. The number of fused-ring (bicyclic) bond motifs is 1. The predicted octanol–water partition coefficient (Wildman–Crippen LogP) is 2.72. The van der Waals surface area contributed by atoms with Gasteiger partial charge in [-0.2, -0.15) is 0 Å². The van der Waals surface area contributed by atoms with Crippen LogP contribution in [0.1, 0.15) is 10.4 Å². The Kier molecular flexibility index (Phi) is 3.54. The Hall–Kier alpha value is -2.49. The van der Waals surface area contributed by atoms with Gasteiger partial charge in [-0.05, 0) is 30.3 Å². The van der Waals surface area contributed by atoms with Crippen molar-refractivity contribution < 1.29 is 19.0 Å². The van der Waals surface area contributed by atoms with Crippen molar-refractivity contribution in [2.24, 2.45) is 0 Å². The van der Waals surface area contributed by atoms with E-state index in [9.17, 15) is 4.79 Å². The Labute approximate surface area is 116 Å². The van der Waals surface area contributed by atoms with Gasteiger partial charge in [-0.1, -0.05) is 18.2 Å². The Morgan fingerprint density at radius 1 is 1.00 bits per heavy atom. The summed E-state index contributed by atoms with van der Waals surface area (Å²) in [6.45, 7) is 1.05. The summed E-state index contributed by atoms with van der Waals surface area (Å²) in [6.07, 6.45) is 0. The van der Waals surface area contributed by atoms with Gasteiger partial charge >= 0.3 is 0 Å². The maximum absolute atomic E-state index is 12.1. The predicted molar refractivity (Wildman–Crippen MR) is 73.7 cm³/mol. The lowest BCUT2D eigenvalue weighted by Crippen LogP contribution is -2.17. The molecule has 2 aromatic rings. The number of hydrogen-bond donors (Lipinski definition) is 0. The minimum Gasteiger partial charge on any atom is -0.486 e. The maximum Gasteiger partial charge on any atom is 0.200 e. The lowest BCUT2D eigenvalue weighted by atomic mass is 10.1. The van der Waals surface area contributed by atoms with Crippen molar-refractivity contribution in [2.75, 3.05) is 19.8 Å². The molecule has 1 aliphatic rings. The Morgan fingerprint density at radius 3 is 2.55 bits per heavy atom. The van der Waals surface area contributed by atoms with Gasteiger partial charge in [-0.15, -0.1) is 0 Å². The Bertz CT molecular complexity index is 607. The SMILES string of the molecule is O=C(COc1ccccc1)c1ccc2c(c1)OCCO2. The molecule has 0 saturated carbocycles. The third-order valence-electron chi connectivity index (χ3n) is 2.98. The molecule has 1 aliphatic heterocycles. The number of hydrogen-bond acceptors (Lipinski definition) is 4. The van der Waals surface area contributed by atoms with Gasteiger partial charge in [0.05, 0.1) is 0 Å². The fraction of sp³-hybridized carbons (Fsp3) is 0.188. The first-order chi connectivity index (χ1) is 9.83. The summed E-state index contributed by atoms with van der Waals surface area (Å²) in [4.78, 5) is 12.1. The number of para-hydroxylation sites is 1. The van der Waals surface area contributed by atoms with Crippen molar-refractivity contribution in [2.45, 2.75) is 0 Å². The molecular formula is C16H14O4. The van der Waals surface area contributed by atoms with Crippen LogP contribution >= 0.6 is 0 Å². The molecule has 0 N–H and O–H groups in total. The molecule has 0 bridgehead atoms. The van der Waals surface area contributed by atoms with Crippen LogP contribution in [0.3, 0.4) is 0 Å². The van der Waals surface area contributed by atoms with E-state index in [-0.39, 0.29) is 12.4 Å². The molecule has 0 saturated heterocycles. The van der Waals surface area contributed by atoms with Crippen LogP contribution in [0.15, 0.2) is 48.5 Å². The molecule has 102 valence electrons. The van der Waals surface area contributed by atoms with E-state index in [4.69, 9.17) is 14.2 Å². The van der Waals surface area contributed by atoms with Gasteiger partial charge in [0, 0.05) is 5.56 Å². The van der Waals surface area contributed by atoms with E-state index in [1.165, 1.54) is 0 Å². The van der Waals surface area contributed by atoms with Crippen LogP contribution in [0.2, 0.25) is 0 Å². The Morgan fingerprint density at radius 2 is 1.75 bits per heavy atom. The highest BCUT2D eigenvalue weighted by Gasteiger charge is 2.15. The summed E-state index contributed by atoms with van der Waals surface area (Å²) in [6, 6.07) is 14.4. The van der Waals surface area contributed by atoms with Crippen molar-refractivity contribution in [1.29, 1.82) is 0 Å². The molecule has 0 radical (unpaired) electrons. The topological polar surface area (TPSA) is 44.8 Å². The van der Waals surface area contributed by atoms with Crippen LogP contribution in [0.5, 0.6) is 17.2 Å². The molecule has 0 aliphatic carbocycles. The number of rotatable bonds is 4. The fourth-order valence-corrected chi connectivity index (χ4v) is 1.97. The fourth-order valence-electron chi connectivity index (χ4n) is 1.97. The van der Waals surface area contributed by atoms with Gasteiger partial charge in [-0.3, -0.25) is 4.79 Å². The lowest BCUT2D eigenvalue weighted by molar-refractivity contribution is 0.0920. The molecule has 3 rings (SSSR count). The quantitative estimate of drug-likeness (QED) is 0.801. The number of Topliss-reactive ketones (excluding diaryl/α,β-unsaturated/α-hetero) is 1. The number of benzene rings is 2. The Balaban J connectivity index is 1.68. The zero-order chi connectivity index (χ0) is 13.8. The first-order valence-electron chi connectivity index (χ1n) is 6.43. The first-order valence-corrected chi connectivity index (χ1v) is 6.43. The molecule has 4 nitrogen and oxygen atoms in total. The van der Waals surface area contributed by atoms with Crippen molar-refractivity contribution in [1.82, 2.24) is 0 Å². The van der Waals surface area contributed by atoms with E-state index in [0.717, 1.165) is 0 Å². The third kappa shape index (κ3) is 2.74. The van der Waals surface area contributed by atoms with E-state index in [2.05, 4.69) is 0 Å². The minimum atomic E-state index is -0.0918. The zero-order valence-corrected chi connectivity index (χ0v) is 10.9. The minimum absolute atomic E-state index is 0.00363. The monoisotopic (exact) mass is 270 g/mol. The third-order valence-corrected chi connectivity index (χ3v) is 2.98. The summed E-state index contributed by atoms with van der Waals surface area (Å²) in [7, 11) is 0. The highest BCUT2D eigenvalue weighted by Crippen LogP contribution is 2.30. The smallest absolute Gasteiger partial charge is 0.200 e. The summed E-state index contributed by atoms with van der Waals surface area (Å²) in [5.74, 6) is 1.88. The largest absolute Gasteiger partial charge is 0.486 e. The van der Waals surface area contributed by atoms with Crippen molar-refractivity contribution in [3.63, 3.8) is 0 Å². The van der Waals surface area contributed by atoms with Gasteiger partial charge in [0.2, 0.25) is 0 Å². The van der Waals surface area contributed by atoms with E-state index < -0.39 is 0 Å². The molecule has 0 aromatic heterocycles. The zero-order valence-electron chi connectivity index (χ0n) is 10.9. The van der Waals surface area contributed by atoms with Gasteiger partial charge in [0.25, 0.3) is 0 Å². The normalized spacial score (nSPS) is 12.8. The molecule has 20 heavy (non-hydrogen) atoms. The van der Waals surface area contributed by atoms with Crippen LogP contribution in [-0.4, -0.2) is 25.6 Å². The highest BCUT2D eigenvalue weighted by molar-refractivity contribution is 5.97. The highest BCUT2D eigenvalue weighted by atomic mass is 16.6. The molecule has 0 spiro atoms. The standard InChI is InChI=1S/C16H14O4/c17-14(11-20-13-4-2-1-3-5-13)12-6-7-15-16(10-12)19-9-8-18-15/h1-7,10H,8-9,11H2. The molecule has 4 heteroatoms. The molecule has 0 unspecified atom stereocenters. The van der Waals surface area contributed by atoms with Crippen molar-refractivity contribution in [3.05, 3.63) is 54.1 Å². The maximum atomic E-state index is 12.1. The summed E-state index contributed by atoms with van der Waals surface area (Å²) in [5.41, 5.74) is 0.560. The molecule has 2 aromatic carbocycles. The van der Waals surface area contributed by atoms with Gasteiger partial charge in [0.1, 0.15) is 19.0 Å². The van der Waals surface area contributed by atoms with Crippen LogP contribution in [-0.2, 0) is 0 Å². The van der Waals surface area contributed by atoms with E-state index in [1.54, 1.807) is 18.2 Å². The molecule has 0 atom stereocenters. The average Bonchev–Trinajstić information content (AvgIpc) is 2.53. The van der Waals surface area contributed by atoms with Crippen LogP contribution in [0, 0.1) is 0 Å². The van der Waals surface area contributed by atoms with E-state index in [0.29, 0.717) is 36.0 Å². The second kappa shape index (κ2) is 5.65. The van der Waals surface area contributed by atoms with Crippen LogP contribution in [0.25, 0.3) is 0 Å². The summed E-state index contributed by atoms with van der Waals surface area (Å²) < 4.78 is 16.3. The summed E-state index contributed by atoms with van der Waals surface area (Å²) in [5, 5.41) is 0. The number of carbonyl (C=O) groups is 1. The van der Waals surface area contributed by atoms with Crippen molar-refractivity contribution >= 4 is 5.78 Å². The van der Waals surface area contributed by atoms with Crippen molar-refractivity contribution in [3.8, 4) is 17.2 Å². The van der Waals surface area contributed by atoms with Crippen LogP contribution < -0.4 is 14.2 Å². The first kappa shape index (κ1) is 12.5. The van der Waals surface area contributed by atoms with Gasteiger partial charge in [-0.25, -0.2) is 0 Å². The molecule has 1 heterocycles. The number of carbonyl (C=O) groups excluding carboxylic acids is 1. The molecule has 0 amide bonds. The van der Waals surface area contributed by atoms with E-state index >= 15 is 0 Å². The number of ketones is 1. The second-order valence-electron chi connectivity index (χ2n) is 4.38. The van der Waals surface area contributed by atoms with Crippen LogP contribution in [0.4, 0.5) is 0 Å².